The van der Waals surface area contributed by atoms with Gasteiger partial charge in [0.25, 0.3) is 11.8 Å². The maximum atomic E-state index is 12.3. The van der Waals surface area contributed by atoms with Crippen LogP contribution in [0.2, 0.25) is 0 Å². The van der Waals surface area contributed by atoms with Crippen molar-refractivity contribution >= 4 is 33.4 Å². The molecule has 1 aromatic heterocycles. The van der Waals surface area contributed by atoms with E-state index in [1.54, 1.807) is 24.4 Å². The molecule has 1 saturated carbocycles. The van der Waals surface area contributed by atoms with Crippen molar-refractivity contribution in [1.82, 2.24) is 10.3 Å². The minimum atomic E-state index is -0.262. The monoisotopic (exact) mass is 373 g/mol. The molecule has 1 aliphatic carbocycles. The van der Waals surface area contributed by atoms with Crippen LogP contribution < -0.4 is 10.6 Å². The topological polar surface area (TPSA) is 71.1 Å². The lowest BCUT2D eigenvalue weighted by atomic mass is 10.1. The van der Waals surface area contributed by atoms with Crippen LogP contribution in [0.15, 0.2) is 41.1 Å². The molecule has 0 spiro atoms. The zero-order valence-corrected chi connectivity index (χ0v) is 14.2. The molecule has 0 aliphatic heterocycles. The third-order valence-electron chi connectivity index (χ3n) is 3.63. The van der Waals surface area contributed by atoms with Crippen LogP contribution in [-0.4, -0.2) is 22.8 Å². The molecular weight excluding hydrogens is 358 g/mol. The molecule has 3 rings (SSSR count). The molecule has 6 heteroatoms. The van der Waals surface area contributed by atoms with Crippen LogP contribution in [0.3, 0.4) is 0 Å². The van der Waals surface area contributed by atoms with Gasteiger partial charge in [0.2, 0.25) is 0 Å². The summed E-state index contributed by atoms with van der Waals surface area (Å²) in [4.78, 5) is 28.4. The normalized spacial score (nSPS) is 13.5. The Labute approximate surface area is 142 Å². The van der Waals surface area contributed by atoms with Gasteiger partial charge in [-0.05, 0) is 59.5 Å². The van der Waals surface area contributed by atoms with Crippen molar-refractivity contribution in [1.29, 1.82) is 0 Å². The number of nitrogens with zero attached hydrogens (tertiary/aromatic N) is 1. The molecular formula is C17H16BrN3O2. The van der Waals surface area contributed by atoms with Crippen molar-refractivity contribution in [2.45, 2.75) is 25.8 Å². The third kappa shape index (κ3) is 3.96. The number of aromatic nitrogens is 1. The summed E-state index contributed by atoms with van der Waals surface area (Å²) in [5.41, 5.74) is 2.51. The highest BCUT2D eigenvalue weighted by Gasteiger charge is 2.24. The van der Waals surface area contributed by atoms with E-state index in [1.165, 1.54) is 6.20 Å². The molecule has 1 fully saturated rings. The Balaban J connectivity index is 1.78. The molecule has 0 unspecified atom stereocenters. The lowest BCUT2D eigenvalue weighted by Crippen LogP contribution is -2.25. The first kappa shape index (κ1) is 15.7. The molecule has 0 atom stereocenters. The smallest absolute Gasteiger partial charge is 0.257 e. The second kappa shape index (κ2) is 6.50. The largest absolute Gasteiger partial charge is 0.349 e. The zero-order valence-electron chi connectivity index (χ0n) is 12.6. The van der Waals surface area contributed by atoms with Gasteiger partial charge in [-0.3, -0.25) is 14.6 Å². The molecule has 2 N–H and O–H groups in total. The number of pyridine rings is 1. The van der Waals surface area contributed by atoms with E-state index in [1.807, 2.05) is 13.0 Å². The van der Waals surface area contributed by atoms with Gasteiger partial charge in [-0.15, -0.1) is 0 Å². The van der Waals surface area contributed by atoms with E-state index in [4.69, 9.17) is 0 Å². The second-order valence-corrected chi connectivity index (χ2v) is 6.54. The first-order chi connectivity index (χ1) is 11.0. The van der Waals surface area contributed by atoms with Gasteiger partial charge in [-0.2, -0.15) is 0 Å². The average molecular weight is 374 g/mol. The second-order valence-electron chi connectivity index (χ2n) is 5.62. The Morgan fingerprint density at radius 1 is 1.13 bits per heavy atom. The van der Waals surface area contributed by atoms with Crippen LogP contribution in [0.1, 0.15) is 39.1 Å². The van der Waals surface area contributed by atoms with Crippen molar-refractivity contribution in [2.24, 2.45) is 0 Å². The maximum Gasteiger partial charge on any atom is 0.257 e. The summed E-state index contributed by atoms with van der Waals surface area (Å²) >= 11 is 3.29. The molecule has 1 heterocycles. The van der Waals surface area contributed by atoms with Crippen molar-refractivity contribution in [3.05, 3.63) is 57.8 Å². The summed E-state index contributed by atoms with van der Waals surface area (Å²) in [5, 5.41) is 5.78. The van der Waals surface area contributed by atoms with Gasteiger partial charge < -0.3 is 10.6 Å². The lowest BCUT2D eigenvalue weighted by molar-refractivity contribution is 0.0949. The van der Waals surface area contributed by atoms with Crippen LogP contribution in [0, 0.1) is 6.92 Å². The number of halogens is 1. The minimum absolute atomic E-state index is 0.105. The Morgan fingerprint density at radius 3 is 2.61 bits per heavy atom. The van der Waals surface area contributed by atoms with Crippen molar-refractivity contribution in [3.63, 3.8) is 0 Å². The molecule has 118 valence electrons. The van der Waals surface area contributed by atoms with E-state index in [0.717, 1.165) is 22.9 Å². The summed E-state index contributed by atoms with van der Waals surface area (Å²) in [6.45, 7) is 1.89. The molecule has 0 saturated heterocycles. The number of carbonyl (C=O) groups excluding carboxylic acids is 2. The van der Waals surface area contributed by atoms with Crippen molar-refractivity contribution in [2.75, 3.05) is 5.32 Å². The number of nitrogens with one attached hydrogen (secondary N) is 2. The van der Waals surface area contributed by atoms with E-state index in [-0.39, 0.29) is 11.8 Å². The van der Waals surface area contributed by atoms with Gasteiger partial charge in [-0.25, -0.2) is 0 Å². The highest BCUT2D eigenvalue weighted by atomic mass is 79.9. The fraction of sp³-hybridized carbons (Fsp3) is 0.235. The molecule has 0 bridgehead atoms. The summed E-state index contributed by atoms with van der Waals surface area (Å²) in [6, 6.07) is 7.30. The van der Waals surface area contributed by atoms with Crippen molar-refractivity contribution < 1.29 is 9.59 Å². The van der Waals surface area contributed by atoms with Crippen LogP contribution >= 0.6 is 15.9 Å². The van der Waals surface area contributed by atoms with Gasteiger partial charge in [-0.1, -0.05) is 6.07 Å². The third-order valence-corrected chi connectivity index (χ3v) is 4.06. The quantitative estimate of drug-likeness (QED) is 0.863. The number of rotatable bonds is 4. The van der Waals surface area contributed by atoms with E-state index in [2.05, 4.69) is 31.5 Å². The number of hydrogen-bond acceptors (Lipinski definition) is 3. The Hall–Kier alpha value is -2.21. The Morgan fingerprint density at radius 2 is 1.91 bits per heavy atom. The van der Waals surface area contributed by atoms with Crippen LogP contribution in [0.5, 0.6) is 0 Å². The fourth-order valence-electron chi connectivity index (χ4n) is 2.12. The van der Waals surface area contributed by atoms with Gasteiger partial charge in [0.1, 0.15) is 0 Å². The predicted molar refractivity (Wildman–Crippen MR) is 91.6 cm³/mol. The summed E-state index contributed by atoms with van der Waals surface area (Å²) in [7, 11) is 0. The standard InChI is InChI=1S/C17H16BrN3O2/c1-10-2-3-11(16(22)20-14-4-5-14)7-15(10)21-17(23)12-6-13(18)9-19-8-12/h2-3,6-9,14H,4-5H2,1H3,(H,20,22)(H,21,23). The predicted octanol–water partition coefficient (Wildman–Crippen LogP) is 3.30. The number of carbonyl (C=O) groups is 2. The Kier molecular flexibility index (Phi) is 4.43. The number of aryl methyl sites for hydroxylation is 1. The van der Waals surface area contributed by atoms with Crippen LogP contribution in [0.25, 0.3) is 0 Å². The molecule has 2 amide bonds. The summed E-state index contributed by atoms with van der Waals surface area (Å²) in [5.74, 6) is -0.367. The molecule has 1 aliphatic rings. The highest BCUT2D eigenvalue weighted by molar-refractivity contribution is 9.10. The number of benzene rings is 1. The first-order valence-corrected chi connectivity index (χ1v) is 8.15. The van der Waals surface area contributed by atoms with Gasteiger partial charge >= 0.3 is 0 Å². The maximum absolute atomic E-state index is 12.3. The molecule has 1 aromatic carbocycles. The zero-order chi connectivity index (χ0) is 16.4. The van der Waals surface area contributed by atoms with Crippen LogP contribution in [0.4, 0.5) is 5.69 Å². The molecule has 2 aromatic rings. The van der Waals surface area contributed by atoms with Crippen molar-refractivity contribution in [3.8, 4) is 0 Å². The number of amides is 2. The summed E-state index contributed by atoms with van der Waals surface area (Å²) in [6.07, 6.45) is 5.19. The summed E-state index contributed by atoms with van der Waals surface area (Å²) < 4.78 is 0.736. The first-order valence-electron chi connectivity index (χ1n) is 7.36. The molecule has 0 radical (unpaired) electrons. The van der Waals surface area contributed by atoms with Gasteiger partial charge in [0.05, 0.1) is 5.56 Å². The minimum Gasteiger partial charge on any atom is -0.349 e. The number of hydrogen-bond donors (Lipinski definition) is 2. The average Bonchev–Trinajstić information content (AvgIpc) is 3.33. The number of anilines is 1. The lowest BCUT2D eigenvalue weighted by Gasteiger charge is -2.11. The van der Waals surface area contributed by atoms with Crippen LogP contribution in [-0.2, 0) is 0 Å². The SMILES string of the molecule is Cc1ccc(C(=O)NC2CC2)cc1NC(=O)c1cncc(Br)c1. The van der Waals surface area contributed by atoms with E-state index in [0.29, 0.717) is 22.9 Å². The van der Waals surface area contributed by atoms with E-state index in [9.17, 15) is 9.59 Å². The molecule has 5 nitrogen and oxygen atoms in total. The van der Waals surface area contributed by atoms with E-state index >= 15 is 0 Å². The fourth-order valence-corrected chi connectivity index (χ4v) is 2.49. The van der Waals surface area contributed by atoms with Gasteiger partial charge in [0.15, 0.2) is 0 Å². The van der Waals surface area contributed by atoms with E-state index < -0.39 is 0 Å². The van der Waals surface area contributed by atoms with Gasteiger partial charge in [0, 0.05) is 34.2 Å². The molecule has 23 heavy (non-hydrogen) atoms. The highest BCUT2D eigenvalue weighted by Crippen LogP contribution is 2.22. The Bertz CT molecular complexity index is 772.